The van der Waals surface area contributed by atoms with Gasteiger partial charge in [0.2, 0.25) is 0 Å². The van der Waals surface area contributed by atoms with Crippen molar-refractivity contribution in [3.05, 3.63) is 48.5 Å². The first-order valence-corrected chi connectivity index (χ1v) is 7.90. The minimum Gasteiger partial charge on any atom is -0.453 e. The molecular weight excluding hydrogens is 306 g/mol. The summed E-state index contributed by atoms with van der Waals surface area (Å²) in [6.45, 7) is 3.28. The van der Waals surface area contributed by atoms with Crippen LogP contribution in [-0.2, 0) is 9.47 Å². The lowest BCUT2D eigenvalue weighted by atomic mass is 10.2. The molecule has 126 valence electrons. The molecule has 0 radical (unpaired) electrons. The summed E-state index contributed by atoms with van der Waals surface area (Å²) >= 11 is 0. The zero-order valence-corrected chi connectivity index (χ0v) is 13.6. The van der Waals surface area contributed by atoms with Gasteiger partial charge in [0.15, 0.2) is 0 Å². The van der Waals surface area contributed by atoms with Crippen molar-refractivity contribution in [3.63, 3.8) is 0 Å². The Balaban J connectivity index is 1.72. The van der Waals surface area contributed by atoms with E-state index in [0.717, 1.165) is 43.4 Å². The highest BCUT2D eigenvalue weighted by Crippen LogP contribution is 2.29. The van der Waals surface area contributed by atoms with Crippen molar-refractivity contribution in [2.75, 3.05) is 48.9 Å². The van der Waals surface area contributed by atoms with Crippen LogP contribution in [0.5, 0.6) is 0 Å². The van der Waals surface area contributed by atoms with Gasteiger partial charge in [-0.2, -0.15) is 0 Å². The maximum absolute atomic E-state index is 11.2. The monoisotopic (exact) mass is 327 g/mol. The van der Waals surface area contributed by atoms with Crippen LogP contribution in [0.15, 0.2) is 48.5 Å². The Morgan fingerprint density at radius 3 is 2.42 bits per heavy atom. The van der Waals surface area contributed by atoms with E-state index in [0.29, 0.717) is 5.69 Å². The molecule has 1 amide bonds. The molecule has 0 aliphatic carbocycles. The van der Waals surface area contributed by atoms with E-state index in [1.165, 1.54) is 7.11 Å². The molecule has 0 spiro atoms. The molecule has 1 saturated heterocycles. The lowest BCUT2D eigenvalue weighted by Gasteiger charge is -2.30. The third-order valence-corrected chi connectivity index (χ3v) is 3.85. The first kappa shape index (κ1) is 16.1. The number of benzene rings is 2. The summed E-state index contributed by atoms with van der Waals surface area (Å²) in [6.07, 6.45) is -0.478. The van der Waals surface area contributed by atoms with Crippen molar-refractivity contribution in [1.82, 2.24) is 0 Å². The second-order valence-corrected chi connectivity index (χ2v) is 5.44. The molecule has 6 heteroatoms. The number of nitrogens with zero attached hydrogens (tertiary/aromatic N) is 1. The van der Waals surface area contributed by atoms with E-state index in [2.05, 4.69) is 32.4 Å². The normalized spacial score (nSPS) is 14.1. The van der Waals surface area contributed by atoms with E-state index < -0.39 is 6.09 Å². The smallest absolute Gasteiger partial charge is 0.411 e. The van der Waals surface area contributed by atoms with Gasteiger partial charge in [-0.25, -0.2) is 4.79 Å². The summed E-state index contributed by atoms with van der Waals surface area (Å²) in [5.41, 5.74) is 3.85. The van der Waals surface area contributed by atoms with E-state index in [-0.39, 0.29) is 0 Å². The van der Waals surface area contributed by atoms with Gasteiger partial charge in [0, 0.05) is 24.5 Å². The molecule has 1 fully saturated rings. The van der Waals surface area contributed by atoms with Crippen LogP contribution in [0.4, 0.5) is 27.5 Å². The number of rotatable bonds is 4. The van der Waals surface area contributed by atoms with Crippen LogP contribution in [0.2, 0.25) is 0 Å². The largest absolute Gasteiger partial charge is 0.453 e. The first-order chi connectivity index (χ1) is 11.8. The highest BCUT2D eigenvalue weighted by atomic mass is 16.5. The Labute approximate surface area is 141 Å². The van der Waals surface area contributed by atoms with Gasteiger partial charge in [0.1, 0.15) is 0 Å². The number of ether oxygens (including phenoxy) is 2. The number of nitrogens with one attached hydrogen (secondary N) is 2. The van der Waals surface area contributed by atoms with Crippen LogP contribution < -0.4 is 15.5 Å². The van der Waals surface area contributed by atoms with Crippen molar-refractivity contribution in [2.24, 2.45) is 0 Å². The Morgan fingerprint density at radius 1 is 1.04 bits per heavy atom. The highest BCUT2D eigenvalue weighted by molar-refractivity contribution is 5.85. The van der Waals surface area contributed by atoms with Gasteiger partial charge in [-0.05, 0) is 36.4 Å². The number of hydrogen-bond donors (Lipinski definition) is 2. The van der Waals surface area contributed by atoms with E-state index in [1.807, 2.05) is 36.4 Å². The number of anilines is 4. The van der Waals surface area contributed by atoms with Crippen molar-refractivity contribution in [1.29, 1.82) is 0 Å². The molecule has 1 aliphatic heterocycles. The van der Waals surface area contributed by atoms with Gasteiger partial charge in [0.05, 0.1) is 31.7 Å². The van der Waals surface area contributed by atoms with Crippen molar-refractivity contribution in [3.8, 4) is 0 Å². The van der Waals surface area contributed by atoms with Gasteiger partial charge >= 0.3 is 6.09 Å². The second kappa shape index (κ2) is 7.70. The van der Waals surface area contributed by atoms with Crippen LogP contribution in [0.3, 0.4) is 0 Å². The van der Waals surface area contributed by atoms with Crippen LogP contribution in [0.25, 0.3) is 0 Å². The van der Waals surface area contributed by atoms with Crippen LogP contribution in [0, 0.1) is 0 Å². The molecule has 0 aromatic heterocycles. The number of methoxy groups -OCH3 is 1. The Morgan fingerprint density at radius 2 is 1.71 bits per heavy atom. The van der Waals surface area contributed by atoms with Crippen molar-refractivity contribution in [2.45, 2.75) is 0 Å². The molecule has 1 aliphatic rings. The molecular formula is C18H21N3O3. The Kier molecular flexibility index (Phi) is 5.18. The summed E-state index contributed by atoms with van der Waals surface area (Å²) in [5, 5.41) is 6.07. The lowest BCUT2D eigenvalue weighted by molar-refractivity contribution is 0.123. The molecule has 2 aromatic carbocycles. The molecule has 1 heterocycles. The van der Waals surface area contributed by atoms with Crippen LogP contribution in [0.1, 0.15) is 0 Å². The summed E-state index contributed by atoms with van der Waals surface area (Å²) < 4.78 is 10.0. The molecule has 0 saturated carbocycles. The van der Waals surface area contributed by atoms with Crippen LogP contribution in [-0.4, -0.2) is 39.5 Å². The summed E-state index contributed by atoms with van der Waals surface area (Å²) in [5.74, 6) is 0. The molecule has 0 atom stereocenters. The zero-order valence-electron chi connectivity index (χ0n) is 13.6. The van der Waals surface area contributed by atoms with E-state index in [4.69, 9.17) is 4.74 Å². The maximum atomic E-state index is 11.2. The van der Waals surface area contributed by atoms with Crippen molar-refractivity contribution < 1.29 is 14.3 Å². The third kappa shape index (κ3) is 3.97. The number of hydrogen-bond acceptors (Lipinski definition) is 5. The van der Waals surface area contributed by atoms with Gasteiger partial charge < -0.3 is 19.7 Å². The third-order valence-electron chi connectivity index (χ3n) is 3.85. The average Bonchev–Trinajstić information content (AvgIpc) is 2.64. The number of morpholine rings is 1. The molecule has 2 aromatic rings. The fraction of sp³-hybridized carbons (Fsp3) is 0.278. The Bertz CT molecular complexity index is 682. The molecule has 6 nitrogen and oxygen atoms in total. The van der Waals surface area contributed by atoms with Crippen LogP contribution >= 0.6 is 0 Å². The van der Waals surface area contributed by atoms with Crippen molar-refractivity contribution >= 4 is 28.8 Å². The molecule has 2 N–H and O–H groups in total. The molecule has 0 unspecified atom stereocenters. The van der Waals surface area contributed by atoms with E-state index in [9.17, 15) is 4.79 Å². The number of para-hydroxylation sites is 2. The summed E-state index contributed by atoms with van der Waals surface area (Å²) in [7, 11) is 1.34. The van der Waals surface area contributed by atoms with Gasteiger partial charge in [-0.15, -0.1) is 0 Å². The predicted molar refractivity (Wildman–Crippen MR) is 95.2 cm³/mol. The Hall–Kier alpha value is -2.73. The zero-order chi connectivity index (χ0) is 16.8. The quantitative estimate of drug-likeness (QED) is 0.900. The van der Waals surface area contributed by atoms with E-state index >= 15 is 0 Å². The predicted octanol–water partition coefficient (Wildman–Crippen LogP) is 3.45. The average molecular weight is 327 g/mol. The second-order valence-electron chi connectivity index (χ2n) is 5.44. The maximum Gasteiger partial charge on any atom is 0.411 e. The standard InChI is InChI=1S/C18H21N3O3/c1-23-18(22)20-15-8-6-14(7-9-15)19-16-4-2-3-5-17(16)21-10-12-24-13-11-21/h2-9,19H,10-13H2,1H3,(H,20,22). The fourth-order valence-corrected chi connectivity index (χ4v) is 2.62. The minimum absolute atomic E-state index is 0.478. The molecule has 3 rings (SSSR count). The number of carbonyl (C=O) groups excluding carboxylic acids is 1. The summed E-state index contributed by atoms with van der Waals surface area (Å²) in [6, 6.07) is 15.7. The van der Waals surface area contributed by atoms with Gasteiger partial charge in [-0.3, -0.25) is 5.32 Å². The number of amides is 1. The fourth-order valence-electron chi connectivity index (χ4n) is 2.62. The molecule has 24 heavy (non-hydrogen) atoms. The SMILES string of the molecule is COC(=O)Nc1ccc(Nc2ccccc2N2CCOCC2)cc1. The minimum atomic E-state index is -0.478. The van der Waals surface area contributed by atoms with E-state index in [1.54, 1.807) is 0 Å². The first-order valence-electron chi connectivity index (χ1n) is 7.90. The van der Waals surface area contributed by atoms with Gasteiger partial charge in [-0.1, -0.05) is 12.1 Å². The number of carbonyl (C=O) groups is 1. The topological polar surface area (TPSA) is 62.8 Å². The molecule has 0 bridgehead atoms. The lowest BCUT2D eigenvalue weighted by Crippen LogP contribution is -2.36. The highest BCUT2D eigenvalue weighted by Gasteiger charge is 2.14. The summed E-state index contributed by atoms with van der Waals surface area (Å²) in [4.78, 5) is 13.5. The van der Waals surface area contributed by atoms with Gasteiger partial charge in [0.25, 0.3) is 0 Å².